The number of rotatable bonds is 5. The average Bonchev–Trinajstić information content (AvgIpc) is 2.28. The number of ether oxygens (including phenoxy) is 2. The Morgan fingerprint density at radius 1 is 1.33 bits per heavy atom. The Hall–Kier alpha value is -1.97. The number of carbonyl (C=O) groups is 1. The van der Waals surface area contributed by atoms with E-state index in [2.05, 4.69) is 5.32 Å². The van der Waals surface area contributed by atoms with Crippen molar-refractivity contribution in [3.8, 4) is 11.5 Å². The van der Waals surface area contributed by atoms with Crippen LogP contribution in [0, 0.1) is 0 Å². The van der Waals surface area contributed by atoms with E-state index in [1.807, 2.05) is 20.8 Å². The van der Waals surface area contributed by atoms with Crippen LogP contribution in [-0.4, -0.2) is 19.6 Å². The number of benzene rings is 1. The van der Waals surface area contributed by atoms with Crippen molar-refractivity contribution in [2.75, 3.05) is 19.0 Å². The van der Waals surface area contributed by atoms with Gasteiger partial charge in [-0.2, -0.15) is 0 Å². The van der Waals surface area contributed by atoms with Crippen molar-refractivity contribution in [2.24, 2.45) is 0 Å². The van der Waals surface area contributed by atoms with Gasteiger partial charge in [0.25, 0.3) is 0 Å². The smallest absolute Gasteiger partial charge is 0.248 e. The largest absolute Gasteiger partial charge is 0.493 e. The minimum atomic E-state index is -0.150. The van der Waals surface area contributed by atoms with Gasteiger partial charge in [0, 0.05) is 17.8 Å². The Labute approximate surface area is 108 Å². The van der Waals surface area contributed by atoms with E-state index in [1.165, 1.54) is 0 Å². The average molecular weight is 249 g/mol. The number of anilines is 1. The third-order valence-corrected chi connectivity index (χ3v) is 2.15. The molecule has 0 bridgehead atoms. The van der Waals surface area contributed by atoms with Crippen LogP contribution in [0.2, 0.25) is 0 Å². The molecule has 1 rings (SSSR count). The van der Waals surface area contributed by atoms with Gasteiger partial charge in [0.15, 0.2) is 11.5 Å². The van der Waals surface area contributed by atoms with E-state index in [0.29, 0.717) is 23.8 Å². The molecule has 98 valence electrons. The molecule has 0 aliphatic heterocycles. The van der Waals surface area contributed by atoms with Crippen molar-refractivity contribution in [2.45, 2.75) is 20.8 Å². The second-order valence-electron chi connectivity index (χ2n) is 4.01. The van der Waals surface area contributed by atoms with Crippen LogP contribution < -0.4 is 14.8 Å². The van der Waals surface area contributed by atoms with Gasteiger partial charge in [0.2, 0.25) is 5.91 Å². The van der Waals surface area contributed by atoms with Crippen LogP contribution in [0.5, 0.6) is 11.5 Å². The summed E-state index contributed by atoms with van der Waals surface area (Å²) in [7, 11) is 1.58. The molecule has 0 saturated carbocycles. The summed E-state index contributed by atoms with van der Waals surface area (Å²) in [6, 6.07) is 5.29. The molecular formula is C14H19NO3. The van der Waals surface area contributed by atoms with E-state index in [-0.39, 0.29) is 5.91 Å². The van der Waals surface area contributed by atoms with Gasteiger partial charge >= 0.3 is 0 Å². The van der Waals surface area contributed by atoms with E-state index in [0.717, 1.165) is 5.57 Å². The highest BCUT2D eigenvalue weighted by molar-refractivity contribution is 5.99. The van der Waals surface area contributed by atoms with Crippen LogP contribution in [0.15, 0.2) is 29.8 Å². The van der Waals surface area contributed by atoms with Gasteiger partial charge in [-0.3, -0.25) is 4.79 Å². The Kier molecular flexibility index (Phi) is 5.24. The van der Waals surface area contributed by atoms with Crippen molar-refractivity contribution in [3.05, 3.63) is 29.8 Å². The molecule has 1 aromatic rings. The summed E-state index contributed by atoms with van der Waals surface area (Å²) in [5.41, 5.74) is 1.63. The third kappa shape index (κ3) is 4.13. The van der Waals surface area contributed by atoms with Gasteiger partial charge < -0.3 is 14.8 Å². The first-order chi connectivity index (χ1) is 8.56. The maximum atomic E-state index is 11.6. The summed E-state index contributed by atoms with van der Waals surface area (Å²) < 4.78 is 10.6. The van der Waals surface area contributed by atoms with Crippen molar-refractivity contribution in [3.63, 3.8) is 0 Å². The topological polar surface area (TPSA) is 47.6 Å². The maximum absolute atomic E-state index is 11.6. The lowest BCUT2D eigenvalue weighted by Crippen LogP contribution is -2.08. The zero-order valence-corrected chi connectivity index (χ0v) is 11.2. The fraction of sp³-hybridized carbons (Fsp3) is 0.357. The monoisotopic (exact) mass is 249 g/mol. The number of hydrogen-bond donors (Lipinski definition) is 1. The fourth-order valence-corrected chi connectivity index (χ4v) is 1.46. The molecule has 4 heteroatoms. The lowest BCUT2D eigenvalue weighted by molar-refractivity contribution is -0.111. The third-order valence-electron chi connectivity index (χ3n) is 2.15. The molecule has 0 heterocycles. The number of hydrogen-bond acceptors (Lipinski definition) is 3. The molecule has 0 aliphatic carbocycles. The van der Waals surface area contributed by atoms with Crippen LogP contribution in [0.3, 0.4) is 0 Å². The van der Waals surface area contributed by atoms with Crippen LogP contribution in [-0.2, 0) is 4.79 Å². The predicted molar refractivity (Wildman–Crippen MR) is 72.2 cm³/mol. The fourth-order valence-electron chi connectivity index (χ4n) is 1.46. The molecular weight excluding hydrogens is 230 g/mol. The molecule has 0 unspecified atom stereocenters. The van der Waals surface area contributed by atoms with Gasteiger partial charge in [0.05, 0.1) is 13.7 Å². The predicted octanol–water partition coefficient (Wildman–Crippen LogP) is 3.00. The van der Waals surface area contributed by atoms with Crippen molar-refractivity contribution in [1.29, 1.82) is 0 Å². The van der Waals surface area contributed by atoms with E-state index >= 15 is 0 Å². The number of carbonyl (C=O) groups excluding carboxylic acids is 1. The molecule has 18 heavy (non-hydrogen) atoms. The van der Waals surface area contributed by atoms with Gasteiger partial charge in [-0.25, -0.2) is 0 Å². The summed E-state index contributed by atoms with van der Waals surface area (Å²) in [5, 5.41) is 2.77. The molecule has 1 N–H and O–H groups in total. The highest BCUT2D eigenvalue weighted by Gasteiger charge is 2.06. The first kappa shape index (κ1) is 14.1. The van der Waals surface area contributed by atoms with Gasteiger partial charge in [-0.05, 0) is 32.9 Å². The normalized spacial score (nSPS) is 9.56. The first-order valence-electron chi connectivity index (χ1n) is 5.83. The molecule has 0 saturated heterocycles. The molecule has 0 radical (unpaired) electrons. The number of methoxy groups -OCH3 is 1. The van der Waals surface area contributed by atoms with Crippen LogP contribution in [0.1, 0.15) is 20.8 Å². The zero-order chi connectivity index (χ0) is 13.5. The highest BCUT2D eigenvalue weighted by Crippen LogP contribution is 2.30. The number of amides is 1. The lowest BCUT2D eigenvalue weighted by Gasteiger charge is -2.11. The van der Waals surface area contributed by atoms with Gasteiger partial charge in [-0.15, -0.1) is 0 Å². The molecule has 0 aromatic heterocycles. The summed E-state index contributed by atoms with van der Waals surface area (Å²) in [6.45, 7) is 6.19. The maximum Gasteiger partial charge on any atom is 0.248 e. The SMILES string of the molecule is CCOc1cc(NC(=O)C=C(C)C)ccc1OC. The number of nitrogens with one attached hydrogen (secondary N) is 1. The van der Waals surface area contributed by atoms with E-state index in [4.69, 9.17) is 9.47 Å². The molecule has 0 atom stereocenters. The molecule has 0 aliphatic rings. The minimum absolute atomic E-state index is 0.150. The molecule has 0 spiro atoms. The van der Waals surface area contributed by atoms with Crippen LogP contribution in [0.25, 0.3) is 0 Å². The van der Waals surface area contributed by atoms with Gasteiger partial charge in [-0.1, -0.05) is 5.57 Å². The molecule has 0 fully saturated rings. The lowest BCUT2D eigenvalue weighted by atomic mass is 10.2. The Morgan fingerprint density at radius 2 is 2.06 bits per heavy atom. The van der Waals surface area contributed by atoms with Crippen molar-refractivity contribution >= 4 is 11.6 Å². The molecule has 1 aromatic carbocycles. The second-order valence-corrected chi connectivity index (χ2v) is 4.01. The van der Waals surface area contributed by atoms with Crippen molar-refractivity contribution < 1.29 is 14.3 Å². The van der Waals surface area contributed by atoms with E-state index in [9.17, 15) is 4.79 Å². The quantitative estimate of drug-likeness (QED) is 0.816. The summed E-state index contributed by atoms with van der Waals surface area (Å²) >= 11 is 0. The Balaban J connectivity index is 2.87. The summed E-state index contributed by atoms with van der Waals surface area (Å²) in [4.78, 5) is 11.6. The standard InChI is InChI=1S/C14H19NO3/c1-5-18-13-9-11(6-7-12(13)17-4)15-14(16)8-10(2)3/h6-9H,5H2,1-4H3,(H,15,16). The first-order valence-corrected chi connectivity index (χ1v) is 5.83. The summed E-state index contributed by atoms with van der Waals surface area (Å²) in [6.07, 6.45) is 1.55. The molecule has 1 amide bonds. The second kappa shape index (κ2) is 6.69. The zero-order valence-electron chi connectivity index (χ0n) is 11.2. The highest BCUT2D eigenvalue weighted by atomic mass is 16.5. The van der Waals surface area contributed by atoms with Crippen LogP contribution >= 0.6 is 0 Å². The number of allylic oxidation sites excluding steroid dienone is 1. The Bertz CT molecular complexity index is 448. The summed E-state index contributed by atoms with van der Waals surface area (Å²) in [5.74, 6) is 1.12. The van der Waals surface area contributed by atoms with E-state index < -0.39 is 0 Å². The Morgan fingerprint density at radius 3 is 2.61 bits per heavy atom. The van der Waals surface area contributed by atoms with Crippen LogP contribution in [0.4, 0.5) is 5.69 Å². The van der Waals surface area contributed by atoms with Crippen molar-refractivity contribution in [1.82, 2.24) is 0 Å². The molecule has 4 nitrogen and oxygen atoms in total. The minimum Gasteiger partial charge on any atom is -0.493 e. The van der Waals surface area contributed by atoms with Gasteiger partial charge in [0.1, 0.15) is 0 Å². The van der Waals surface area contributed by atoms with E-state index in [1.54, 1.807) is 31.4 Å².